The highest BCUT2D eigenvalue weighted by molar-refractivity contribution is 7.84. The molecule has 2 unspecified atom stereocenters. The van der Waals surface area contributed by atoms with Crippen molar-refractivity contribution in [3.63, 3.8) is 0 Å². The van der Waals surface area contributed by atoms with E-state index in [1.807, 2.05) is 19.4 Å². The fourth-order valence-corrected chi connectivity index (χ4v) is 3.00. The molecule has 1 aromatic rings. The van der Waals surface area contributed by atoms with Gasteiger partial charge in [-0.3, -0.25) is 4.21 Å². The van der Waals surface area contributed by atoms with E-state index < -0.39 is 10.8 Å². The molecular formula is C12H21N3OS. The molecule has 4 nitrogen and oxygen atoms in total. The Morgan fingerprint density at radius 3 is 3.24 bits per heavy atom. The van der Waals surface area contributed by atoms with Gasteiger partial charge in [0.25, 0.3) is 0 Å². The molecule has 0 bridgehead atoms. The topological polar surface area (TPSA) is 46.9 Å². The number of nitrogens with zero attached hydrogens (tertiary/aromatic N) is 2. The third-order valence-electron chi connectivity index (χ3n) is 3.34. The molecule has 0 aliphatic carbocycles. The second-order valence-electron chi connectivity index (χ2n) is 4.49. The maximum absolute atomic E-state index is 11.5. The molecule has 2 heterocycles. The Bertz CT molecular complexity index is 372. The summed E-state index contributed by atoms with van der Waals surface area (Å²) in [6, 6.07) is 0. The largest absolute Gasteiger partial charge is 0.333 e. The molecule has 0 amide bonds. The van der Waals surface area contributed by atoms with Crippen molar-refractivity contribution in [2.45, 2.75) is 32.2 Å². The lowest BCUT2D eigenvalue weighted by atomic mass is 9.96. The highest BCUT2D eigenvalue weighted by atomic mass is 32.2. The van der Waals surface area contributed by atoms with E-state index >= 15 is 0 Å². The van der Waals surface area contributed by atoms with E-state index in [1.54, 1.807) is 0 Å². The third kappa shape index (κ3) is 3.39. The third-order valence-corrected chi connectivity index (χ3v) is 4.62. The molecule has 1 aliphatic rings. The molecule has 17 heavy (non-hydrogen) atoms. The summed E-state index contributed by atoms with van der Waals surface area (Å²) in [5.41, 5.74) is 1.30. The summed E-state index contributed by atoms with van der Waals surface area (Å²) in [5.74, 6) is 2.05. The second kappa shape index (κ2) is 6.31. The van der Waals surface area contributed by atoms with E-state index in [0.29, 0.717) is 5.92 Å². The predicted octanol–water partition coefficient (Wildman–Crippen LogP) is 1.12. The molecule has 1 N–H and O–H groups in total. The van der Waals surface area contributed by atoms with Crippen LogP contribution in [0.4, 0.5) is 0 Å². The molecule has 0 aromatic carbocycles. The van der Waals surface area contributed by atoms with Gasteiger partial charge in [0.15, 0.2) is 0 Å². The molecule has 2 rings (SSSR count). The number of rotatable bonds is 5. The first kappa shape index (κ1) is 12.8. The first-order valence-corrected chi connectivity index (χ1v) is 7.85. The van der Waals surface area contributed by atoms with Crippen LogP contribution >= 0.6 is 0 Å². The zero-order valence-electron chi connectivity index (χ0n) is 10.4. The lowest BCUT2D eigenvalue weighted by Crippen LogP contribution is -2.29. The Morgan fingerprint density at radius 1 is 1.65 bits per heavy atom. The maximum Gasteiger partial charge on any atom is 0.0948 e. The van der Waals surface area contributed by atoms with E-state index in [0.717, 1.165) is 31.1 Å². The van der Waals surface area contributed by atoms with Gasteiger partial charge in [0.05, 0.1) is 6.33 Å². The van der Waals surface area contributed by atoms with Crippen molar-refractivity contribution in [1.82, 2.24) is 14.9 Å². The molecule has 0 spiro atoms. The molecule has 5 heteroatoms. The normalized spacial score (nSPS) is 22.5. The number of imidazole rings is 1. The van der Waals surface area contributed by atoms with Crippen LogP contribution in [-0.4, -0.2) is 38.4 Å². The van der Waals surface area contributed by atoms with Gasteiger partial charge in [-0.2, -0.15) is 0 Å². The van der Waals surface area contributed by atoms with Crippen LogP contribution < -0.4 is 5.32 Å². The fraction of sp³-hybridized carbons (Fsp3) is 0.750. The van der Waals surface area contributed by atoms with E-state index in [9.17, 15) is 4.21 Å². The smallest absolute Gasteiger partial charge is 0.0948 e. The zero-order chi connectivity index (χ0) is 12.1. The summed E-state index contributed by atoms with van der Waals surface area (Å²) >= 11 is 0. The van der Waals surface area contributed by atoms with Crippen LogP contribution in [0.1, 0.15) is 31.4 Å². The van der Waals surface area contributed by atoms with Crippen molar-refractivity contribution in [2.24, 2.45) is 0 Å². The lowest BCUT2D eigenvalue weighted by molar-refractivity contribution is 0.442. The van der Waals surface area contributed by atoms with E-state index in [2.05, 4.69) is 14.9 Å². The van der Waals surface area contributed by atoms with Crippen molar-refractivity contribution >= 4 is 10.8 Å². The molecule has 1 aliphatic heterocycles. The monoisotopic (exact) mass is 255 g/mol. The highest BCUT2D eigenvalue weighted by Crippen LogP contribution is 2.22. The summed E-state index contributed by atoms with van der Waals surface area (Å²) in [6.45, 7) is 4.97. The molecule has 2 atom stereocenters. The molecule has 1 saturated heterocycles. The van der Waals surface area contributed by atoms with Gasteiger partial charge in [-0.05, 0) is 19.4 Å². The van der Waals surface area contributed by atoms with Gasteiger partial charge < -0.3 is 9.88 Å². The predicted molar refractivity (Wildman–Crippen MR) is 70.6 cm³/mol. The first-order chi connectivity index (χ1) is 8.31. The average molecular weight is 255 g/mol. The summed E-state index contributed by atoms with van der Waals surface area (Å²) in [4.78, 5) is 4.24. The van der Waals surface area contributed by atoms with Gasteiger partial charge in [-0.1, -0.05) is 6.92 Å². The van der Waals surface area contributed by atoms with Crippen molar-refractivity contribution in [3.05, 3.63) is 18.2 Å². The number of piperidine rings is 1. The van der Waals surface area contributed by atoms with Crippen LogP contribution in [0.2, 0.25) is 0 Å². The van der Waals surface area contributed by atoms with Crippen LogP contribution in [0.15, 0.2) is 12.5 Å². The van der Waals surface area contributed by atoms with Crippen molar-refractivity contribution in [1.29, 1.82) is 0 Å². The van der Waals surface area contributed by atoms with Crippen LogP contribution in [0.25, 0.3) is 0 Å². The Balaban J connectivity index is 1.98. The summed E-state index contributed by atoms with van der Waals surface area (Å²) in [5, 5.41) is 3.43. The molecule has 0 radical (unpaired) electrons. The average Bonchev–Trinajstić information content (AvgIpc) is 2.85. The number of nitrogens with one attached hydrogen (secondary N) is 1. The van der Waals surface area contributed by atoms with Gasteiger partial charge in [0.2, 0.25) is 0 Å². The Kier molecular flexibility index (Phi) is 4.74. The summed E-state index contributed by atoms with van der Waals surface area (Å²) in [7, 11) is -0.689. The first-order valence-electron chi connectivity index (χ1n) is 6.37. The molecular weight excluding hydrogens is 234 g/mol. The van der Waals surface area contributed by atoms with Crippen LogP contribution in [-0.2, 0) is 17.3 Å². The Hall–Kier alpha value is -0.680. The van der Waals surface area contributed by atoms with Crippen molar-refractivity contribution in [2.75, 3.05) is 24.6 Å². The van der Waals surface area contributed by atoms with E-state index in [4.69, 9.17) is 0 Å². The molecule has 1 aromatic heterocycles. The SMILES string of the molecule is CCS(=O)CCn1cncc1C1CCCNC1. The summed E-state index contributed by atoms with van der Waals surface area (Å²) in [6.07, 6.45) is 6.30. The number of aromatic nitrogens is 2. The van der Waals surface area contributed by atoms with Crippen molar-refractivity contribution in [3.8, 4) is 0 Å². The minimum Gasteiger partial charge on any atom is -0.333 e. The standard InChI is InChI=1S/C12H21N3OS/c1-2-17(16)7-6-15-10-14-9-12(15)11-4-3-5-13-8-11/h9-11,13H,2-8H2,1H3. The van der Waals surface area contributed by atoms with Gasteiger partial charge in [-0.25, -0.2) is 4.98 Å². The number of hydrogen-bond donors (Lipinski definition) is 1. The van der Waals surface area contributed by atoms with Crippen molar-refractivity contribution < 1.29 is 4.21 Å². The van der Waals surface area contributed by atoms with E-state index in [-0.39, 0.29) is 0 Å². The molecule has 96 valence electrons. The quantitative estimate of drug-likeness (QED) is 0.857. The maximum atomic E-state index is 11.5. The molecule has 0 saturated carbocycles. The van der Waals surface area contributed by atoms with E-state index in [1.165, 1.54) is 18.5 Å². The summed E-state index contributed by atoms with van der Waals surface area (Å²) < 4.78 is 13.6. The molecule has 1 fully saturated rings. The minimum atomic E-state index is -0.689. The number of hydrogen-bond acceptors (Lipinski definition) is 3. The van der Waals surface area contributed by atoms with Gasteiger partial charge in [-0.15, -0.1) is 0 Å². The Labute approximate surface area is 105 Å². The van der Waals surface area contributed by atoms with Gasteiger partial charge in [0, 0.05) is 53.2 Å². The minimum absolute atomic E-state index is 0.571. The van der Waals surface area contributed by atoms with Crippen LogP contribution in [0.3, 0.4) is 0 Å². The van der Waals surface area contributed by atoms with Crippen LogP contribution in [0.5, 0.6) is 0 Å². The lowest BCUT2D eigenvalue weighted by Gasteiger charge is -2.23. The van der Waals surface area contributed by atoms with Crippen LogP contribution in [0, 0.1) is 0 Å². The zero-order valence-corrected chi connectivity index (χ0v) is 11.2. The number of aryl methyl sites for hydroxylation is 1. The second-order valence-corrected chi connectivity index (χ2v) is 6.35. The fourth-order valence-electron chi connectivity index (χ4n) is 2.31. The van der Waals surface area contributed by atoms with Gasteiger partial charge >= 0.3 is 0 Å². The van der Waals surface area contributed by atoms with Gasteiger partial charge in [0.1, 0.15) is 0 Å². The highest BCUT2D eigenvalue weighted by Gasteiger charge is 2.18. The Morgan fingerprint density at radius 2 is 2.53 bits per heavy atom.